The Kier molecular flexibility index (Phi) is 9.85. The third-order valence-corrected chi connectivity index (χ3v) is 3.08. The van der Waals surface area contributed by atoms with Crippen molar-refractivity contribution < 1.29 is 15.3 Å². The van der Waals surface area contributed by atoms with Crippen LogP contribution in [-0.4, -0.2) is 46.0 Å². The third kappa shape index (κ3) is 9.18. The van der Waals surface area contributed by atoms with Crippen molar-refractivity contribution in [1.82, 2.24) is 0 Å². The van der Waals surface area contributed by atoms with Gasteiger partial charge in [0.05, 0.1) is 25.4 Å². The van der Waals surface area contributed by atoms with Gasteiger partial charge in [-0.3, -0.25) is 0 Å². The van der Waals surface area contributed by atoms with Crippen LogP contribution in [0.3, 0.4) is 0 Å². The fourth-order valence-corrected chi connectivity index (χ4v) is 0.400. The van der Waals surface area contributed by atoms with Crippen LogP contribution in [0, 0.1) is 0 Å². The molecule has 15 heavy (non-hydrogen) atoms. The van der Waals surface area contributed by atoms with Crippen molar-refractivity contribution in [2.24, 2.45) is 11.5 Å². The normalized spacial score (nSPS) is 12.0. The second-order valence-corrected chi connectivity index (χ2v) is 4.93. The van der Waals surface area contributed by atoms with E-state index in [1.54, 1.807) is 0 Å². The maximum Gasteiger partial charge on any atom is 0.0856 e. The minimum absolute atomic E-state index is 0.000000000000000222. The van der Waals surface area contributed by atoms with E-state index >= 15 is 0 Å². The molecule has 94 valence electrons. The first-order chi connectivity index (χ1) is 6.80. The summed E-state index contributed by atoms with van der Waals surface area (Å²) < 4.78 is 0. The molecule has 0 aliphatic heterocycles. The maximum atomic E-state index is 8.34. The average Bonchev–Trinajstić information content (AvgIpc) is 2.29. The topological polar surface area (TPSA) is 113 Å². The molecule has 0 aromatic carbocycles. The van der Waals surface area contributed by atoms with E-state index in [1.165, 1.54) is 0 Å². The Morgan fingerprint density at radius 1 is 0.933 bits per heavy atom. The highest BCUT2D eigenvalue weighted by atomic mass is 31.0. The van der Waals surface area contributed by atoms with E-state index in [-0.39, 0.29) is 5.28 Å². The van der Waals surface area contributed by atoms with Crippen LogP contribution >= 0.6 is 9.24 Å². The van der Waals surface area contributed by atoms with Crippen LogP contribution in [-0.2, 0) is 0 Å². The lowest BCUT2D eigenvalue weighted by atomic mass is 10.1. The molecule has 0 aromatic heterocycles. The fourth-order valence-electron chi connectivity index (χ4n) is 0.400. The molecule has 0 radical (unpaired) electrons. The lowest BCUT2D eigenvalue weighted by molar-refractivity contribution is 0.0698. The van der Waals surface area contributed by atoms with E-state index in [0.29, 0.717) is 0 Å². The van der Waals surface area contributed by atoms with Crippen LogP contribution in [0.25, 0.3) is 0 Å². The van der Waals surface area contributed by atoms with Gasteiger partial charge in [-0.05, 0) is 12.8 Å². The molecule has 0 aliphatic rings. The summed E-state index contributed by atoms with van der Waals surface area (Å²) in [6.45, 7) is 2.98. The molecule has 6 heteroatoms. The third-order valence-electron chi connectivity index (χ3n) is 2.26. The fraction of sp³-hybridized carbons (Fsp3) is 1.00. The Hall–Kier alpha value is 0.230. The highest BCUT2D eigenvalue weighted by Crippen LogP contribution is 2.18. The number of hydrogen-bond acceptors (Lipinski definition) is 5. The van der Waals surface area contributed by atoms with E-state index in [0.717, 1.165) is 12.8 Å². The van der Waals surface area contributed by atoms with Gasteiger partial charge in [0.25, 0.3) is 0 Å². The second-order valence-electron chi connectivity index (χ2n) is 3.78. The van der Waals surface area contributed by atoms with Gasteiger partial charge >= 0.3 is 0 Å². The largest absolute Gasteiger partial charge is 0.394 e. The van der Waals surface area contributed by atoms with Crippen LogP contribution < -0.4 is 11.5 Å². The van der Waals surface area contributed by atoms with Gasteiger partial charge in [0.1, 0.15) is 0 Å². The molecule has 0 aliphatic carbocycles. The zero-order valence-electron chi connectivity index (χ0n) is 9.61. The first kappa shape index (κ1) is 17.6. The standard InChI is InChI=1S/C5H14NP.C4H11NO3/c1-3-5(6,7)4-2;5-4(1-6,2-7)3-8/h3-4,6-7H2,1-2H3;6-8H,1-3,5H2. The zero-order valence-corrected chi connectivity index (χ0v) is 10.8. The molecule has 5 nitrogen and oxygen atoms in total. The van der Waals surface area contributed by atoms with Crippen LogP contribution in [0.2, 0.25) is 0 Å². The van der Waals surface area contributed by atoms with Gasteiger partial charge < -0.3 is 26.8 Å². The lowest BCUT2D eigenvalue weighted by Gasteiger charge is -2.20. The molecule has 0 spiro atoms. The molecule has 0 aromatic rings. The van der Waals surface area contributed by atoms with Crippen LogP contribution in [0.5, 0.6) is 0 Å². The van der Waals surface area contributed by atoms with Gasteiger partial charge in [0.15, 0.2) is 0 Å². The molecule has 0 saturated heterocycles. The molecule has 0 saturated carbocycles. The Balaban J connectivity index is 0. The van der Waals surface area contributed by atoms with E-state index < -0.39 is 25.4 Å². The number of aliphatic hydroxyl groups is 3. The molecule has 0 heterocycles. The highest BCUT2D eigenvalue weighted by molar-refractivity contribution is 7.18. The average molecular weight is 240 g/mol. The molecular weight excluding hydrogens is 215 g/mol. The minimum atomic E-state index is -1.21. The molecule has 7 N–H and O–H groups in total. The Labute approximate surface area is 94.1 Å². The molecule has 0 bridgehead atoms. The summed E-state index contributed by atoms with van der Waals surface area (Å²) in [7, 11) is 2.65. The summed E-state index contributed by atoms with van der Waals surface area (Å²) in [5.41, 5.74) is 9.62. The van der Waals surface area contributed by atoms with Crippen molar-refractivity contribution in [2.45, 2.75) is 37.5 Å². The van der Waals surface area contributed by atoms with E-state index in [2.05, 4.69) is 23.1 Å². The predicted molar refractivity (Wildman–Crippen MR) is 65.4 cm³/mol. The van der Waals surface area contributed by atoms with Crippen LogP contribution in [0.15, 0.2) is 0 Å². The predicted octanol–water partition coefficient (Wildman–Crippen LogP) is -1.00. The number of rotatable bonds is 5. The number of aliphatic hydroxyl groups excluding tert-OH is 3. The Morgan fingerprint density at radius 3 is 1.20 bits per heavy atom. The maximum absolute atomic E-state index is 8.34. The Morgan fingerprint density at radius 2 is 1.20 bits per heavy atom. The van der Waals surface area contributed by atoms with Gasteiger partial charge in [-0.25, -0.2) is 0 Å². The van der Waals surface area contributed by atoms with E-state index in [4.69, 9.17) is 26.8 Å². The molecule has 0 amide bonds. The van der Waals surface area contributed by atoms with E-state index in [1.807, 2.05) is 0 Å². The van der Waals surface area contributed by atoms with E-state index in [9.17, 15) is 0 Å². The summed E-state index contributed by atoms with van der Waals surface area (Å²) in [5.74, 6) is 0. The van der Waals surface area contributed by atoms with Gasteiger partial charge in [0, 0.05) is 5.28 Å². The summed E-state index contributed by atoms with van der Waals surface area (Å²) in [5, 5.41) is 25.0. The molecule has 0 rings (SSSR count). The van der Waals surface area contributed by atoms with Crippen molar-refractivity contribution in [2.75, 3.05) is 19.8 Å². The van der Waals surface area contributed by atoms with Crippen molar-refractivity contribution in [3.05, 3.63) is 0 Å². The lowest BCUT2D eigenvalue weighted by Crippen LogP contribution is -2.50. The summed E-state index contributed by atoms with van der Waals surface area (Å²) in [6.07, 6.45) is 2.07. The van der Waals surface area contributed by atoms with Gasteiger partial charge in [-0.15, -0.1) is 9.24 Å². The first-order valence-electron chi connectivity index (χ1n) is 5.00. The second kappa shape index (κ2) is 8.39. The van der Waals surface area contributed by atoms with Crippen molar-refractivity contribution >= 4 is 9.24 Å². The Bertz CT molecular complexity index is 138. The van der Waals surface area contributed by atoms with Gasteiger partial charge in [-0.2, -0.15) is 0 Å². The number of nitrogens with two attached hydrogens (primary N) is 2. The van der Waals surface area contributed by atoms with Crippen LogP contribution in [0.1, 0.15) is 26.7 Å². The van der Waals surface area contributed by atoms with Crippen LogP contribution in [0.4, 0.5) is 0 Å². The minimum Gasteiger partial charge on any atom is -0.394 e. The van der Waals surface area contributed by atoms with Gasteiger partial charge in [-0.1, -0.05) is 13.8 Å². The van der Waals surface area contributed by atoms with Crippen molar-refractivity contribution in [3.8, 4) is 0 Å². The monoisotopic (exact) mass is 240 g/mol. The summed E-state index contributed by atoms with van der Waals surface area (Å²) in [6, 6.07) is 0. The molecule has 1 unspecified atom stereocenters. The summed E-state index contributed by atoms with van der Waals surface area (Å²) >= 11 is 0. The SMILES string of the molecule is CCC(N)(P)CC.NC(CO)(CO)CO. The number of hydrogen-bond donors (Lipinski definition) is 5. The zero-order chi connectivity index (χ0) is 12.5. The molecule has 1 atom stereocenters. The van der Waals surface area contributed by atoms with Crippen molar-refractivity contribution in [3.63, 3.8) is 0 Å². The quantitative estimate of drug-likeness (QED) is 0.395. The molecule has 0 fully saturated rings. The highest BCUT2D eigenvalue weighted by Gasteiger charge is 2.20. The first-order valence-corrected chi connectivity index (χ1v) is 5.57. The van der Waals surface area contributed by atoms with Gasteiger partial charge in [0.2, 0.25) is 0 Å². The summed E-state index contributed by atoms with van der Waals surface area (Å²) in [4.78, 5) is 0. The smallest absolute Gasteiger partial charge is 0.0856 e. The molecular formula is C9H25N2O3P. The van der Waals surface area contributed by atoms with Crippen molar-refractivity contribution in [1.29, 1.82) is 0 Å².